The first-order valence-electron chi connectivity index (χ1n) is 16.2. The Morgan fingerprint density at radius 3 is 0.525 bits per heavy atom. The first-order valence-corrected chi connectivity index (χ1v) is 16.2. The van der Waals surface area contributed by atoms with Crippen molar-refractivity contribution in [1.82, 2.24) is 15.0 Å². The Labute approximate surface area is 345 Å². The fourth-order valence-corrected chi connectivity index (χ4v) is 4.69. The first kappa shape index (κ1) is 49.9. The summed E-state index contributed by atoms with van der Waals surface area (Å²) in [6.45, 7) is 0. The van der Waals surface area contributed by atoms with Crippen molar-refractivity contribution in [3.05, 3.63) is 161 Å². The van der Waals surface area contributed by atoms with Gasteiger partial charge in [-0.2, -0.15) is 79.0 Å². The molecule has 22 heteroatoms. The van der Waals surface area contributed by atoms with Crippen molar-refractivity contribution in [3.8, 4) is 33.8 Å². The summed E-state index contributed by atoms with van der Waals surface area (Å²) < 4.78 is 222. The summed E-state index contributed by atoms with van der Waals surface area (Å²) in [5, 5.41) is 0. The van der Waals surface area contributed by atoms with Gasteiger partial charge in [-0.3, -0.25) is 15.0 Å². The van der Waals surface area contributed by atoms with Crippen LogP contribution < -0.4 is 0 Å². The minimum absolute atomic E-state index is 0. The van der Waals surface area contributed by atoms with Gasteiger partial charge in [0.05, 0.1) is 50.5 Å². The zero-order chi connectivity index (χ0) is 44.9. The van der Waals surface area contributed by atoms with E-state index in [1.807, 2.05) is 0 Å². The van der Waals surface area contributed by atoms with E-state index in [0.29, 0.717) is 35.3 Å². The van der Waals surface area contributed by atoms with Crippen LogP contribution in [0.2, 0.25) is 0 Å². The van der Waals surface area contributed by atoms with Crippen molar-refractivity contribution < 1.29 is 99.1 Å². The minimum atomic E-state index is -4.49. The maximum atomic E-state index is 12.4. The molecule has 0 fully saturated rings. The topological polar surface area (TPSA) is 38.7 Å². The van der Waals surface area contributed by atoms with Crippen LogP contribution in [-0.2, 0) is 57.2 Å². The Morgan fingerprint density at radius 1 is 0.230 bits per heavy atom. The molecule has 0 saturated carbocycles. The van der Waals surface area contributed by atoms with Crippen LogP contribution in [0.5, 0.6) is 0 Å². The van der Waals surface area contributed by atoms with E-state index in [0.717, 1.165) is 72.8 Å². The predicted octanol–water partition coefficient (Wildman–Crippen LogP) is 14.4. The molecule has 0 aliphatic rings. The maximum absolute atomic E-state index is 12.4. The molecule has 0 aliphatic heterocycles. The number of halogens is 18. The molecule has 0 atom stereocenters. The maximum Gasteiger partial charge on any atom is 0.417 e. The molecule has 0 saturated heterocycles. The molecule has 0 N–H and O–H groups in total. The summed E-state index contributed by atoms with van der Waals surface area (Å²) in [5.41, 5.74) is -3.75. The summed E-state index contributed by atoms with van der Waals surface area (Å²) in [4.78, 5) is 10.8. The van der Waals surface area contributed by atoms with Crippen LogP contribution in [0.3, 0.4) is 0 Å². The first-order chi connectivity index (χ1) is 27.5. The van der Waals surface area contributed by atoms with Gasteiger partial charge in [-0.25, -0.2) is 0 Å². The fourth-order valence-electron chi connectivity index (χ4n) is 4.69. The molecule has 1 radical (unpaired) electrons. The smallest absolute Gasteiger partial charge is 0.256 e. The van der Waals surface area contributed by atoms with E-state index in [9.17, 15) is 79.0 Å². The molecule has 0 amide bonds. The minimum Gasteiger partial charge on any atom is -0.256 e. The molecule has 3 heterocycles. The number of hydrogen-bond acceptors (Lipinski definition) is 3. The average Bonchev–Trinajstić information content (AvgIpc) is 3.17. The predicted molar refractivity (Wildman–Crippen MR) is 179 cm³/mol. The third-order valence-corrected chi connectivity index (χ3v) is 7.80. The van der Waals surface area contributed by atoms with E-state index >= 15 is 0 Å². The Bertz CT molecular complexity index is 1850. The average molecular weight is 1070 g/mol. The third kappa shape index (κ3) is 14.3. The van der Waals surface area contributed by atoms with E-state index in [-0.39, 0.29) is 37.2 Å². The standard InChI is InChI=1S/3C13H7F6N.Ir/c3*14-12(15,16)9-3-1-8(2-4-9)11-6-5-10(7-20-11)13(17,18)19;/h3*1-7H;. The molecular weight excluding hydrogens is 1040 g/mol. The third-order valence-electron chi connectivity index (χ3n) is 7.80. The number of alkyl halides is 18. The van der Waals surface area contributed by atoms with Crippen molar-refractivity contribution in [2.45, 2.75) is 37.1 Å². The molecule has 0 spiro atoms. The van der Waals surface area contributed by atoms with Gasteiger partial charge in [0, 0.05) is 55.4 Å². The monoisotopic (exact) mass is 1070 g/mol. The van der Waals surface area contributed by atoms with E-state index in [1.165, 1.54) is 36.4 Å². The molecule has 3 aromatic carbocycles. The summed E-state index contributed by atoms with van der Waals surface area (Å²) in [5.74, 6) is 0. The van der Waals surface area contributed by atoms with Gasteiger partial charge >= 0.3 is 37.1 Å². The summed E-state index contributed by atoms with van der Waals surface area (Å²) in [6.07, 6.45) is -24.9. The SMILES string of the molecule is FC(F)(F)c1ccc(-c2ccc(C(F)(F)F)cn2)cc1.FC(F)(F)c1ccc(-c2ccc(C(F)(F)F)cn2)cc1.FC(F)(F)c1ccc(-c2ccc(C(F)(F)F)cn2)cc1.[Ir]. The quantitative estimate of drug-likeness (QED) is 0.166. The number of benzene rings is 3. The molecule has 0 unspecified atom stereocenters. The summed E-state index contributed by atoms with van der Waals surface area (Å²) in [7, 11) is 0. The van der Waals surface area contributed by atoms with E-state index in [2.05, 4.69) is 15.0 Å². The summed E-state index contributed by atoms with van der Waals surface area (Å²) in [6, 6.07) is 18.0. The van der Waals surface area contributed by atoms with Gasteiger partial charge < -0.3 is 0 Å². The Hall–Kier alpha value is -5.50. The van der Waals surface area contributed by atoms with Gasteiger partial charge in [0.1, 0.15) is 0 Å². The van der Waals surface area contributed by atoms with Gasteiger partial charge in [0.15, 0.2) is 0 Å². The van der Waals surface area contributed by atoms with Crippen LogP contribution in [-0.4, -0.2) is 15.0 Å². The molecule has 6 rings (SSSR count). The molecule has 6 aromatic rings. The van der Waals surface area contributed by atoms with Gasteiger partial charge in [0.25, 0.3) is 0 Å². The zero-order valence-electron chi connectivity index (χ0n) is 29.6. The zero-order valence-corrected chi connectivity index (χ0v) is 32.0. The van der Waals surface area contributed by atoms with Gasteiger partial charge in [0.2, 0.25) is 0 Å². The van der Waals surface area contributed by atoms with Gasteiger partial charge in [-0.15, -0.1) is 0 Å². The van der Waals surface area contributed by atoms with Crippen LogP contribution >= 0.6 is 0 Å². The fraction of sp³-hybridized carbons (Fsp3) is 0.154. The second-order valence-electron chi connectivity index (χ2n) is 12.0. The molecule has 3 nitrogen and oxygen atoms in total. The van der Waals surface area contributed by atoms with Crippen molar-refractivity contribution >= 4 is 0 Å². The van der Waals surface area contributed by atoms with Gasteiger partial charge in [-0.1, -0.05) is 36.4 Å². The Morgan fingerprint density at radius 2 is 0.393 bits per heavy atom. The number of hydrogen-bond donors (Lipinski definition) is 0. The number of nitrogens with zero attached hydrogens (tertiary/aromatic N) is 3. The molecule has 0 bridgehead atoms. The van der Waals surface area contributed by atoms with E-state index in [1.54, 1.807) is 0 Å². The second kappa shape index (κ2) is 19.0. The molecule has 3 aromatic heterocycles. The number of aromatic nitrogens is 3. The van der Waals surface area contributed by atoms with Crippen molar-refractivity contribution in [2.75, 3.05) is 0 Å². The second-order valence-corrected chi connectivity index (χ2v) is 12.0. The Balaban J connectivity index is 0.000000242. The summed E-state index contributed by atoms with van der Waals surface area (Å²) >= 11 is 0. The van der Waals surface area contributed by atoms with Crippen LogP contribution in [0.4, 0.5) is 79.0 Å². The van der Waals surface area contributed by atoms with E-state index in [4.69, 9.17) is 0 Å². The number of rotatable bonds is 3. The van der Waals surface area contributed by atoms with E-state index < -0.39 is 70.4 Å². The van der Waals surface area contributed by atoms with Crippen LogP contribution in [0.25, 0.3) is 33.8 Å². The van der Waals surface area contributed by atoms with Crippen molar-refractivity contribution in [1.29, 1.82) is 0 Å². The number of pyridine rings is 3. The van der Waals surface area contributed by atoms with Crippen LogP contribution in [0.15, 0.2) is 128 Å². The molecule has 0 aliphatic carbocycles. The molecule has 327 valence electrons. The molecule has 61 heavy (non-hydrogen) atoms. The molecular formula is C39H21F18IrN3. The van der Waals surface area contributed by atoms with Gasteiger partial charge in [-0.05, 0) is 72.8 Å². The normalized spacial score (nSPS) is 12.3. The van der Waals surface area contributed by atoms with Crippen molar-refractivity contribution in [3.63, 3.8) is 0 Å². The largest absolute Gasteiger partial charge is 0.417 e. The van der Waals surface area contributed by atoms with Crippen LogP contribution in [0.1, 0.15) is 33.4 Å². The van der Waals surface area contributed by atoms with Crippen molar-refractivity contribution in [2.24, 2.45) is 0 Å². The van der Waals surface area contributed by atoms with Crippen LogP contribution in [0, 0.1) is 0 Å². The Kier molecular flexibility index (Phi) is 15.6.